The van der Waals surface area contributed by atoms with Crippen LogP contribution in [0.5, 0.6) is 0 Å². The van der Waals surface area contributed by atoms with Gasteiger partial charge in [-0.25, -0.2) is 4.68 Å². The molecule has 1 fully saturated rings. The second kappa shape index (κ2) is 6.92. The molecule has 21 heavy (non-hydrogen) atoms. The first-order valence-electron chi connectivity index (χ1n) is 7.68. The van der Waals surface area contributed by atoms with Gasteiger partial charge in [0, 0.05) is 19.1 Å². The van der Waals surface area contributed by atoms with Crippen LogP contribution in [0.4, 0.5) is 5.69 Å². The van der Waals surface area contributed by atoms with E-state index in [4.69, 9.17) is 0 Å². The zero-order valence-corrected chi connectivity index (χ0v) is 14.7. The van der Waals surface area contributed by atoms with Crippen molar-refractivity contribution in [3.8, 4) is 0 Å². The predicted molar refractivity (Wildman–Crippen MR) is 89.8 cm³/mol. The minimum Gasteiger partial charge on any atom is -0.381 e. The lowest BCUT2D eigenvalue weighted by Gasteiger charge is -2.39. The summed E-state index contributed by atoms with van der Waals surface area (Å²) < 4.78 is 2.07. The number of piperidine rings is 1. The van der Waals surface area contributed by atoms with Crippen molar-refractivity contribution in [2.75, 3.05) is 18.4 Å². The van der Waals surface area contributed by atoms with E-state index >= 15 is 0 Å². The van der Waals surface area contributed by atoms with Crippen LogP contribution in [-0.2, 0) is 6.54 Å². The highest BCUT2D eigenvalue weighted by molar-refractivity contribution is 9.10. The van der Waals surface area contributed by atoms with Crippen molar-refractivity contribution in [1.29, 1.82) is 0 Å². The summed E-state index contributed by atoms with van der Waals surface area (Å²) in [7, 11) is 0. The highest BCUT2D eigenvalue weighted by Gasteiger charge is 2.31. The number of rotatable bonds is 5. The van der Waals surface area contributed by atoms with Gasteiger partial charge in [0.25, 0.3) is 5.56 Å². The van der Waals surface area contributed by atoms with Crippen LogP contribution < -0.4 is 16.2 Å². The third-order valence-electron chi connectivity index (χ3n) is 4.25. The van der Waals surface area contributed by atoms with Gasteiger partial charge in [-0.2, -0.15) is 5.10 Å². The third-order valence-corrected chi connectivity index (χ3v) is 5.02. The van der Waals surface area contributed by atoms with Gasteiger partial charge in [-0.3, -0.25) is 4.79 Å². The van der Waals surface area contributed by atoms with Crippen LogP contribution in [-0.4, -0.2) is 28.9 Å². The molecule has 1 unspecified atom stereocenters. The summed E-state index contributed by atoms with van der Waals surface area (Å²) >= 11 is 3.40. The van der Waals surface area contributed by atoms with Crippen LogP contribution >= 0.6 is 15.9 Å². The molecule has 2 rings (SSSR count). The number of hydrogen-bond acceptors (Lipinski definition) is 4. The molecular weight excluding hydrogens is 332 g/mol. The Bertz CT molecular complexity index is 541. The quantitative estimate of drug-likeness (QED) is 0.851. The SMILES string of the molecule is CCCn1ncc(NCC2NCCCC2(C)C)c(Br)c1=O. The normalized spacial score (nSPS) is 21.2. The van der Waals surface area contributed by atoms with Crippen molar-refractivity contribution >= 4 is 21.6 Å². The van der Waals surface area contributed by atoms with Gasteiger partial charge in [0.15, 0.2) is 0 Å². The monoisotopic (exact) mass is 356 g/mol. The van der Waals surface area contributed by atoms with Crippen molar-refractivity contribution < 1.29 is 0 Å². The van der Waals surface area contributed by atoms with Crippen molar-refractivity contribution in [2.24, 2.45) is 5.41 Å². The molecule has 1 aromatic rings. The summed E-state index contributed by atoms with van der Waals surface area (Å²) in [6, 6.07) is 0.399. The Balaban J connectivity index is 2.07. The maximum absolute atomic E-state index is 12.2. The molecule has 1 saturated heterocycles. The molecule has 2 heterocycles. The van der Waals surface area contributed by atoms with Gasteiger partial charge in [-0.1, -0.05) is 20.8 Å². The predicted octanol–water partition coefficient (Wildman–Crippen LogP) is 2.61. The van der Waals surface area contributed by atoms with Crippen LogP contribution in [0.25, 0.3) is 0 Å². The lowest BCUT2D eigenvalue weighted by molar-refractivity contribution is 0.188. The fraction of sp³-hybridized carbons (Fsp3) is 0.733. The topological polar surface area (TPSA) is 59.0 Å². The number of hydrogen-bond donors (Lipinski definition) is 2. The van der Waals surface area contributed by atoms with Gasteiger partial charge in [0.2, 0.25) is 0 Å². The van der Waals surface area contributed by atoms with Gasteiger partial charge in [-0.05, 0) is 47.2 Å². The summed E-state index contributed by atoms with van der Waals surface area (Å²) in [6.45, 7) is 9.12. The first-order chi connectivity index (χ1) is 9.95. The fourth-order valence-electron chi connectivity index (χ4n) is 2.79. The molecule has 0 radical (unpaired) electrons. The molecule has 0 amide bonds. The Morgan fingerprint density at radius 1 is 1.57 bits per heavy atom. The number of anilines is 1. The van der Waals surface area contributed by atoms with Crippen molar-refractivity contribution in [3.63, 3.8) is 0 Å². The molecule has 1 aliphatic rings. The maximum atomic E-state index is 12.2. The summed E-state index contributed by atoms with van der Waals surface area (Å²) in [5, 5.41) is 11.1. The molecule has 1 aliphatic heterocycles. The second-order valence-electron chi connectivity index (χ2n) is 6.38. The van der Waals surface area contributed by atoms with Crippen molar-refractivity contribution in [3.05, 3.63) is 21.0 Å². The smallest absolute Gasteiger partial charge is 0.283 e. The lowest BCUT2D eigenvalue weighted by atomic mass is 9.77. The lowest BCUT2D eigenvalue weighted by Crippen LogP contribution is -2.50. The molecule has 5 nitrogen and oxygen atoms in total. The standard InChI is InChI=1S/C15H25BrN4O/c1-4-8-20-14(21)13(16)11(9-19-20)18-10-12-15(2,3)6-5-7-17-12/h9,12,17-18H,4-8,10H2,1-3H3. The molecule has 2 N–H and O–H groups in total. The Hall–Kier alpha value is -0.880. The summed E-state index contributed by atoms with van der Waals surface area (Å²) in [4.78, 5) is 12.2. The van der Waals surface area contributed by atoms with E-state index in [1.165, 1.54) is 17.5 Å². The zero-order valence-electron chi connectivity index (χ0n) is 13.1. The van der Waals surface area contributed by atoms with Crippen LogP contribution in [0.2, 0.25) is 0 Å². The summed E-state index contributed by atoms with van der Waals surface area (Å²) in [6.07, 6.45) is 5.08. The summed E-state index contributed by atoms with van der Waals surface area (Å²) in [5.41, 5.74) is 0.968. The van der Waals surface area contributed by atoms with Gasteiger partial charge in [0.05, 0.1) is 11.9 Å². The van der Waals surface area contributed by atoms with Crippen LogP contribution in [0, 0.1) is 5.41 Å². The van der Waals surface area contributed by atoms with Crippen molar-refractivity contribution in [1.82, 2.24) is 15.1 Å². The minimum atomic E-state index is -0.0716. The Morgan fingerprint density at radius 3 is 3.00 bits per heavy atom. The highest BCUT2D eigenvalue weighted by atomic mass is 79.9. The first kappa shape index (κ1) is 16.5. The Labute approximate surface area is 134 Å². The Morgan fingerprint density at radius 2 is 2.33 bits per heavy atom. The van der Waals surface area contributed by atoms with E-state index in [-0.39, 0.29) is 11.0 Å². The van der Waals surface area contributed by atoms with E-state index in [0.29, 0.717) is 17.1 Å². The fourth-order valence-corrected chi connectivity index (χ4v) is 3.24. The van der Waals surface area contributed by atoms with E-state index in [0.717, 1.165) is 25.2 Å². The number of nitrogens with zero attached hydrogens (tertiary/aromatic N) is 2. The van der Waals surface area contributed by atoms with E-state index in [1.807, 2.05) is 6.92 Å². The van der Waals surface area contributed by atoms with E-state index in [2.05, 4.69) is 45.5 Å². The summed E-state index contributed by atoms with van der Waals surface area (Å²) in [5.74, 6) is 0. The van der Waals surface area contributed by atoms with Crippen molar-refractivity contribution in [2.45, 2.75) is 52.6 Å². The Kier molecular flexibility index (Phi) is 5.43. The molecular formula is C15H25BrN4O. The second-order valence-corrected chi connectivity index (χ2v) is 7.17. The molecule has 0 spiro atoms. The number of nitrogens with one attached hydrogen (secondary N) is 2. The maximum Gasteiger partial charge on any atom is 0.283 e. The first-order valence-corrected chi connectivity index (χ1v) is 8.48. The van der Waals surface area contributed by atoms with Gasteiger partial charge in [0.1, 0.15) is 4.47 Å². The zero-order chi connectivity index (χ0) is 15.5. The average Bonchev–Trinajstić information content (AvgIpc) is 2.44. The van der Waals surface area contributed by atoms with Gasteiger partial charge < -0.3 is 10.6 Å². The molecule has 118 valence electrons. The van der Waals surface area contributed by atoms with Crippen LogP contribution in [0.15, 0.2) is 15.5 Å². The molecule has 0 aromatic carbocycles. The molecule has 0 aliphatic carbocycles. The third kappa shape index (κ3) is 3.86. The van der Waals surface area contributed by atoms with Gasteiger partial charge in [-0.15, -0.1) is 0 Å². The van der Waals surface area contributed by atoms with E-state index in [9.17, 15) is 4.79 Å². The molecule has 0 bridgehead atoms. The van der Waals surface area contributed by atoms with Crippen LogP contribution in [0.3, 0.4) is 0 Å². The highest BCUT2D eigenvalue weighted by Crippen LogP contribution is 2.30. The minimum absolute atomic E-state index is 0.0716. The number of halogens is 1. The van der Waals surface area contributed by atoms with Gasteiger partial charge >= 0.3 is 0 Å². The van der Waals surface area contributed by atoms with Crippen LogP contribution in [0.1, 0.15) is 40.0 Å². The molecule has 1 aromatic heterocycles. The number of aromatic nitrogens is 2. The van der Waals surface area contributed by atoms with E-state index in [1.54, 1.807) is 6.20 Å². The average molecular weight is 357 g/mol. The molecule has 1 atom stereocenters. The number of aryl methyl sites for hydroxylation is 1. The largest absolute Gasteiger partial charge is 0.381 e. The molecule has 0 saturated carbocycles. The van der Waals surface area contributed by atoms with E-state index < -0.39 is 0 Å². The molecule has 6 heteroatoms.